The minimum atomic E-state index is -0.819. The van der Waals surface area contributed by atoms with Gasteiger partial charge >= 0.3 is 0 Å². The minimum absolute atomic E-state index is 0.203. The fourth-order valence-corrected chi connectivity index (χ4v) is 1.12. The third kappa shape index (κ3) is 4.77. The first-order valence-electron chi connectivity index (χ1n) is 5.44. The Morgan fingerprint density at radius 2 is 1.83 bits per heavy atom. The highest BCUT2D eigenvalue weighted by Crippen LogP contribution is 2.17. The highest BCUT2D eigenvalue weighted by molar-refractivity contribution is 5.92. The second kappa shape index (κ2) is 5.88. The maximum absolute atomic E-state index is 13.2. The number of halogens is 2. The molecule has 0 radical (unpaired) electrons. The van der Waals surface area contributed by atoms with Crippen molar-refractivity contribution in [1.82, 2.24) is 5.48 Å². The SMILES string of the molecule is CC(C)(C)ONCC(=O)Nc1c(F)cccc1F. The minimum Gasteiger partial charge on any atom is -0.320 e. The summed E-state index contributed by atoms with van der Waals surface area (Å²) in [6.45, 7) is 5.20. The van der Waals surface area contributed by atoms with Crippen molar-refractivity contribution in [3.8, 4) is 0 Å². The number of anilines is 1. The summed E-state index contributed by atoms with van der Waals surface area (Å²) in [5.74, 6) is -2.23. The maximum atomic E-state index is 13.2. The molecule has 100 valence electrons. The van der Waals surface area contributed by atoms with Gasteiger partial charge in [0.1, 0.15) is 23.9 Å². The number of carbonyl (C=O) groups is 1. The lowest BCUT2D eigenvalue weighted by molar-refractivity contribution is -0.122. The van der Waals surface area contributed by atoms with Gasteiger partial charge in [0.25, 0.3) is 0 Å². The molecule has 0 aromatic heterocycles. The Balaban J connectivity index is 2.50. The van der Waals surface area contributed by atoms with Crippen molar-refractivity contribution in [3.05, 3.63) is 29.8 Å². The first kappa shape index (κ1) is 14.5. The van der Waals surface area contributed by atoms with Crippen LogP contribution in [0.2, 0.25) is 0 Å². The average Bonchev–Trinajstić information content (AvgIpc) is 2.22. The van der Waals surface area contributed by atoms with Crippen LogP contribution in [0.5, 0.6) is 0 Å². The lowest BCUT2D eigenvalue weighted by Gasteiger charge is -2.19. The number of carbonyl (C=O) groups excluding carboxylic acids is 1. The van der Waals surface area contributed by atoms with E-state index in [1.165, 1.54) is 6.07 Å². The van der Waals surface area contributed by atoms with Crippen molar-refractivity contribution in [2.75, 3.05) is 11.9 Å². The molecule has 1 aromatic rings. The Morgan fingerprint density at radius 3 is 2.33 bits per heavy atom. The van der Waals surface area contributed by atoms with Crippen LogP contribution in [-0.2, 0) is 9.63 Å². The molecule has 4 nitrogen and oxygen atoms in total. The molecule has 0 saturated carbocycles. The maximum Gasteiger partial charge on any atom is 0.240 e. The molecule has 1 rings (SSSR count). The summed E-state index contributed by atoms with van der Waals surface area (Å²) in [6, 6.07) is 3.36. The van der Waals surface area contributed by atoms with Crippen LogP contribution in [0.4, 0.5) is 14.5 Å². The number of nitrogens with one attached hydrogen (secondary N) is 2. The second-order valence-corrected chi connectivity index (χ2v) is 4.68. The Morgan fingerprint density at radius 1 is 1.28 bits per heavy atom. The van der Waals surface area contributed by atoms with E-state index in [2.05, 4.69) is 10.8 Å². The molecule has 0 bridgehead atoms. The molecule has 0 atom stereocenters. The number of para-hydroxylation sites is 1. The lowest BCUT2D eigenvalue weighted by atomic mass is 10.2. The largest absolute Gasteiger partial charge is 0.320 e. The number of hydroxylamine groups is 1. The number of hydrogen-bond donors (Lipinski definition) is 2. The molecule has 0 unspecified atom stereocenters. The van der Waals surface area contributed by atoms with Crippen LogP contribution >= 0.6 is 0 Å². The summed E-state index contributed by atoms with van der Waals surface area (Å²) in [6.07, 6.45) is 0. The number of benzene rings is 1. The zero-order chi connectivity index (χ0) is 13.8. The van der Waals surface area contributed by atoms with Gasteiger partial charge in [-0.1, -0.05) is 6.07 Å². The molecule has 0 aliphatic carbocycles. The van der Waals surface area contributed by atoms with Crippen LogP contribution in [0.1, 0.15) is 20.8 Å². The summed E-state index contributed by atoms with van der Waals surface area (Å²) in [5, 5.41) is 2.13. The molecule has 18 heavy (non-hydrogen) atoms. The van der Waals surface area contributed by atoms with E-state index in [4.69, 9.17) is 4.84 Å². The second-order valence-electron chi connectivity index (χ2n) is 4.68. The molecule has 6 heteroatoms. The van der Waals surface area contributed by atoms with Crippen molar-refractivity contribution >= 4 is 11.6 Å². The molecule has 0 heterocycles. The molecule has 0 fully saturated rings. The zero-order valence-corrected chi connectivity index (χ0v) is 10.5. The van der Waals surface area contributed by atoms with Gasteiger partial charge < -0.3 is 5.32 Å². The Hall–Kier alpha value is -1.53. The van der Waals surface area contributed by atoms with Crippen LogP contribution in [0, 0.1) is 11.6 Å². The van der Waals surface area contributed by atoms with Gasteiger partial charge in [-0.15, -0.1) is 0 Å². The number of hydrogen-bond acceptors (Lipinski definition) is 3. The Kier molecular flexibility index (Phi) is 4.75. The van der Waals surface area contributed by atoms with Gasteiger partial charge in [-0.3, -0.25) is 9.63 Å². The van der Waals surface area contributed by atoms with Gasteiger partial charge in [0.05, 0.1) is 5.60 Å². The summed E-state index contributed by atoms with van der Waals surface area (Å²) < 4.78 is 26.4. The van der Waals surface area contributed by atoms with Crippen molar-refractivity contribution in [1.29, 1.82) is 0 Å². The molecule has 1 aromatic carbocycles. The van der Waals surface area contributed by atoms with Gasteiger partial charge in [0.15, 0.2) is 0 Å². The Labute approximate surface area is 104 Å². The summed E-state index contributed by atoms with van der Waals surface area (Å²) in [7, 11) is 0. The van der Waals surface area contributed by atoms with E-state index in [0.717, 1.165) is 12.1 Å². The van der Waals surface area contributed by atoms with E-state index in [9.17, 15) is 13.6 Å². The number of rotatable bonds is 4. The van der Waals surface area contributed by atoms with Crippen molar-refractivity contribution in [3.63, 3.8) is 0 Å². The van der Waals surface area contributed by atoms with Crippen LogP contribution in [0.15, 0.2) is 18.2 Å². The standard InChI is InChI=1S/C12H16F2N2O2/c1-12(2,3)18-15-7-10(17)16-11-8(13)5-4-6-9(11)14/h4-6,15H,7H2,1-3H3,(H,16,17). The zero-order valence-electron chi connectivity index (χ0n) is 10.5. The van der Waals surface area contributed by atoms with E-state index in [1.54, 1.807) is 20.8 Å². The topological polar surface area (TPSA) is 50.4 Å². The van der Waals surface area contributed by atoms with Crippen molar-refractivity contribution < 1.29 is 18.4 Å². The van der Waals surface area contributed by atoms with Gasteiger partial charge in [0.2, 0.25) is 5.91 Å². The van der Waals surface area contributed by atoms with Crippen LogP contribution < -0.4 is 10.8 Å². The summed E-state index contributed by atoms with van der Waals surface area (Å²) in [4.78, 5) is 16.5. The van der Waals surface area contributed by atoms with E-state index in [0.29, 0.717) is 0 Å². The lowest BCUT2D eigenvalue weighted by Crippen LogP contribution is -2.35. The highest BCUT2D eigenvalue weighted by Gasteiger charge is 2.14. The molecule has 0 aliphatic rings. The molecule has 2 N–H and O–H groups in total. The predicted molar refractivity (Wildman–Crippen MR) is 63.8 cm³/mol. The fraction of sp³-hybridized carbons (Fsp3) is 0.417. The summed E-state index contributed by atoms with van der Waals surface area (Å²) in [5.41, 5.74) is 1.51. The quantitative estimate of drug-likeness (QED) is 0.814. The van der Waals surface area contributed by atoms with E-state index in [1.807, 2.05) is 0 Å². The van der Waals surface area contributed by atoms with Gasteiger partial charge in [0, 0.05) is 0 Å². The fourth-order valence-electron chi connectivity index (χ4n) is 1.12. The predicted octanol–water partition coefficient (Wildman–Crippen LogP) is 2.22. The van der Waals surface area contributed by atoms with E-state index >= 15 is 0 Å². The van der Waals surface area contributed by atoms with Crippen LogP contribution in [0.3, 0.4) is 0 Å². The van der Waals surface area contributed by atoms with E-state index < -0.39 is 28.8 Å². The van der Waals surface area contributed by atoms with Gasteiger partial charge in [-0.25, -0.2) is 8.78 Å². The third-order valence-electron chi connectivity index (χ3n) is 1.84. The Bertz CT molecular complexity index is 410. The summed E-state index contributed by atoms with van der Waals surface area (Å²) >= 11 is 0. The van der Waals surface area contributed by atoms with Crippen LogP contribution in [0.25, 0.3) is 0 Å². The molecule has 1 amide bonds. The highest BCUT2D eigenvalue weighted by atomic mass is 19.1. The third-order valence-corrected chi connectivity index (χ3v) is 1.84. The molecule has 0 aliphatic heterocycles. The van der Waals surface area contributed by atoms with Crippen LogP contribution in [-0.4, -0.2) is 18.1 Å². The smallest absolute Gasteiger partial charge is 0.240 e. The average molecular weight is 258 g/mol. The molecule has 0 saturated heterocycles. The molecule has 0 spiro atoms. The normalized spacial score (nSPS) is 11.4. The van der Waals surface area contributed by atoms with Gasteiger partial charge in [-0.05, 0) is 32.9 Å². The monoisotopic (exact) mass is 258 g/mol. The number of amides is 1. The van der Waals surface area contributed by atoms with Crippen molar-refractivity contribution in [2.45, 2.75) is 26.4 Å². The van der Waals surface area contributed by atoms with Gasteiger partial charge in [-0.2, -0.15) is 5.48 Å². The van der Waals surface area contributed by atoms with E-state index in [-0.39, 0.29) is 6.54 Å². The molecular formula is C12H16F2N2O2. The molecular weight excluding hydrogens is 242 g/mol. The van der Waals surface area contributed by atoms with Crippen molar-refractivity contribution in [2.24, 2.45) is 0 Å². The first-order chi connectivity index (χ1) is 8.29. The first-order valence-corrected chi connectivity index (χ1v) is 5.44.